The Morgan fingerprint density at radius 3 is 2.61 bits per heavy atom. The lowest BCUT2D eigenvalue weighted by Crippen LogP contribution is -2.22. The van der Waals surface area contributed by atoms with Crippen LogP contribution in [-0.2, 0) is 11.3 Å². The molecule has 7 nitrogen and oxygen atoms in total. The van der Waals surface area contributed by atoms with E-state index in [4.69, 9.17) is 4.42 Å². The number of thioether (sulfide) groups is 1. The summed E-state index contributed by atoms with van der Waals surface area (Å²) in [6.07, 6.45) is 0. The minimum atomic E-state index is -0.221. The van der Waals surface area contributed by atoms with Gasteiger partial charge in [-0.05, 0) is 43.2 Å². The minimum Gasteiger partial charge on any atom is -0.414 e. The van der Waals surface area contributed by atoms with Crippen molar-refractivity contribution in [1.29, 1.82) is 0 Å². The number of carbonyl (C=O) groups is 2. The summed E-state index contributed by atoms with van der Waals surface area (Å²) in [5.41, 5.74) is 3.50. The number of nitrogens with one attached hydrogen (secondary N) is 2. The van der Waals surface area contributed by atoms with Crippen molar-refractivity contribution in [2.24, 2.45) is 0 Å². The molecule has 0 aliphatic carbocycles. The Balaban J connectivity index is 1.47. The van der Waals surface area contributed by atoms with Gasteiger partial charge in [-0.3, -0.25) is 9.59 Å². The van der Waals surface area contributed by atoms with E-state index >= 15 is 0 Å². The quantitative estimate of drug-likeness (QED) is 0.595. The maximum Gasteiger partial charge on any atom is 0.277 e. The highest BCUT2D eigenvalue weighted by Crippen LogP contribution is 2.20. The van der Waals surface area contributed by atoms with Gasteiger partial charge in [0.15, 0.2) is 0 Å². The number of aryl methyl sites for hydroxylation is 1. The van der Waals surface area contributed by atoms with Crippen molar-refractivity contribution in [3.8, 4) is 0 Å². The second-order valence-corrected chi connectivity index (χ2v) is 7.02. The van der Waals surface area contributed by atoms with Gasteiger partial charge < -0.3 is 15.1 Å². The second kappa shape index (κ2) is 9.18. The van der Waals surface area contributed by atoms with Crippen LogP contribution < -0.4 is 10.6 Å². The molecule has 28 heavy (non-hydrogen) atoms. The van der Waals surface area contributed by atoms with Gasteiger partial charge in [-0.1, -0.05) is 42.1 Å². The number of benzene rings is 2. The molecule has 0 saturated heterocycles. The molecule has 1 heterocycles. The SMILES string of the molecule is Cc1cccc(NC(=O)CSc2nnc(CNC(=O)c3ccccc3)o2)c1C. The molecule has 3 rings (SSSR count). The highest BCUT2D eigenvalue weighted by Gasteiger charge is 2.12. The van der Waals surface area contributed by atoms with E-state index in [1.807, 2.05) is 38.1 Å². The summed E-state index contributed by atoms with van der Waals surface area (Å²) in [5, 5.41) is 13.6. The third-order valence-electron chi connectivity index (χ3n) is 4.09. The van der Waals surface area contributed by atoms with Gasteiger partial charge in [-0.15, -0.1) is 10.2 Å². The largest absolute Gasteiger partial charge is 0.414 e. The molecule has 0 spiro atoms. The molecule has 0 fully saturated rings. The third-order valence-corrected chi connectivity index (χ3v) is 4.91. The molecular formula is C20H20N4O3S. The molecule has 0 aliphatic rings. The summed E-state index contributed by atoms with van der Waals surface area (Å²) in [4.78, 5) is 24.2. The van der Waals surface area contributed by atoms with E-state index in [0.717, 1.165) is 28.6 Å². The summed E-state index contributed by atoms with van der Waals surface area (Å²) in [7, 11) is 0. The zero-order valence-electron chi connectivity index (χ0n) is 15.6. The first kappa shape index (κ1) is 19.6. The van der Waals surface area contributed by atoms with Crippen LogP contribution in [0.1, 0.15) is 27.4 Å². The van der Waals surface area contributed by atoms with Gasteiger partial charge in [0.05, 0.1) is 12.3 Å². The van der Waals surface area contributed by atoms with Crippen LogP contribution in [0.15, 0.2) is 58.2 Å². The van der Waals surface area contributed by atoms with Crippen LogP contribution in [0.2, 0.25) is 0 Å². The summed E-state index contributed by atoms with van der Waals surface area (Å²) in [6.45, 7) is 4.08. The first-order chi connectivity index (χ1) is 13.5. The number of nitrogens with zero attached hydrogens (tertiary/aromatic N) is 2. The van der Waals surface area contributed by atoms with Crippen LogP contribution in [-0.4, -0.2) is 27.8 Å². The minimum absolute atomic E-state index is 0.121. The number of carbonyl (C=O) groups excluding carboxylic acids is 2. The molecule has 0 radical (unpaired) electrons. The Hall–Kier alpha value is -3.13. The van der Waals surface area contributed by atoms with Gasteiger partial charge in [0, 0.05) is 11.3 Å². The van der Waals surface area contributed by atoms with E-state index in [-0.39, 0.29) is 35.2 Å². The van der Waals surface area contributed by atoms with E-state index in [1.54, 1.807) is 24.3 Å². The van der Waals surface area contributed by atoms with E-state index in [1.165, 1.54) is 0 Å². The number of amides is 2. The molecule has 8 heteroatoms. The molecule has 2 amide bonds. The maximum atomic E-state index is 12.1. The summed E-state index contributed by atoms with van der Waals surface area (Å²) in [6, 6.07) is 14.6. The molecule has 0 bridgehead atoms. The normalized spacial score (nSPS) is 10.5. The van der Waals surface area contributed by atoms with Gasteiger partial charge in [-0.2, -0.15) is 0 Å². The van der Waals surface area contributed by atoms with Crippen molar-refractivity contribution in [1.82, 2.24) is 15.5 Å². The Morgan fingerprint density at radius 2 is 1.82 bits per heavy atom. The molecular weight excluding hydrogens is 376 g/mol. The van der Waals surface area contributed by atoms with Gasteiger partial charge in [0.1, 0.15) is 0 Å². The lowest BCUT2D eigenvalue weighted by atomic mass is 10.1. The van der Waals surface area contributed by atoms with E-state index < -0.39 is 0 Å². The predicted molar refractivity (Wildman–Crippen MR) is 107 cm³/mol. The highest BCUT2D eigenvalue weighted by molar-refractivity contribution is 7.99. The fourth-order valence-electron chi connectivity index (χ4n) is 2.42. The number of rotatable bonds is 7. The van der Waals surface area contributed by atoms with Gasteiger partial charge >= 0.3 is 0 Å². The van der Waals surface area contributed by atoms with Gasteiger partial charge in [0.25, 0.3) is 11.1 Å². The van der Waals surface area contributed by atoms with Crippen molar-refractivity contribution in [2.75, 3.05) is 11.1 Å². The molecule has 2 N–H and O–H groups in total. The molecule has 0 unspecified atom stereocenters. The van der Waals surface area contributed by atoms with Crippen LogP contribution in [0, 0.1) is 13.8 Å². The Kier molecular flexibility index (Phi) is 6.44. The van der Waals surface area contributed by atoms with Crippen LogP contribution in [0.25, 0.3) is 0 Å². The van der Waals surface area contributed by atoms with Crippen LogP contribution >= 0.6 is 11.8 Å². The van der Waals surface area contributed by atoms with Gasteiger partial charge in [0.2, 0.25) is 11.8 Å². The zero-order chi connectivity index (χ0) is 19.9. The maximum absolute atomic E-state index is 12.1. The first-order valence-corrected chi connectivity index (χ1v) is 9.66. The number of anilines is 1. The zero-order valence-corrected chi connectivity index (χ0v) is 16.4. The Labute approximate surface area is 166 Å². The monoisotopic (exact) mass is 396 g/mol. The van der Waals surface area contributed by atoms with Crippen molar-refractivity contribution in [2.45, 2.75) is 25.6 Å². The lowest BCUT2D eigenvalue weighted by Gasteiger charge is -2.09. The third kappa shape index (κ3) is 5.20. The Morgan fingerprint density at radius 1 is 1.04 bits per heavy atom. The molecule has 3 aromatic rings. The second-order valence-electron chi connectivity index (χ2n) is 6.09. The average molecular weight is 396 g/mol. The van der Waals surface area contributed by atoms with Crippen LogP contribution in [0.5, 0.6) is 0 Å². The summed E-state index contributed by atoms with van der Waals surface area (Å²) in [5.74, 6) is 0.0456. The standard InChI is InChI=1S/C20H20N4O3S/c1-13-7-6-10-16(14(13)2)22-17(25)12-28-20-24-23-18(27-20)11-21-19(26)15-8-4-3-5-9-15/h3-10H,11-12H2,1-2H3,(H,21,26)(H,22,25). The van der Waals surface area contributed by atoms with E-state index in [0.29, 0.717) is 5.56 Å². The summed E-state index contributed by atoms with van der Waals surface area (Å²) >= 11 is 1.14. The van der Waals surface area contributed by atoms with Crippen molar-refractivity contribution >= 4 is 29.3 Å². The van der Waals surface area contributed by atoms with Crippen molar-refractivity contribution in [3.05, 3.63) is 71.1 Å². The molecule has 1 aromatic heterocycles. The number of hydrogen-bond donors (Lipinski definition) is 2. The van der Waals surface area contributed by atoms with Crippen molar-refractivity contribution in [3.63, 3.8) is 0 Å². The lowest BCUT2D eigenvalue weighted by molar-refractivity contribution is -0.113. The molecule has 2 aromatic carbocycles. The fraction of sp³-hybridized carbons (Fsp3) is 0.200. The molecule has 0 saturated carbocycles. The number of hydrogen-bond acceptors (Lipinski definition) is 6. The molecule has 144 valence electrons. The topological polar surface area (TPSA) is 97.1 Å². The summed E-state index contributed by atoms with van der Waals surface area (Å²) < 4.78 is 5.46. The molecule has 0 aliphatic heterocycles. The van der Waals surface area contributed by atoms with Gasteiger partial charge in [-0.25, -0.2) is 0 Å². The van der Waals surface area contributed by atoms with Crippen molar-refractivity contribution < 1.29 is 14.0 Å². The number of aromatic nitrogens is 2. The molecule has 0 atom stereocenters. The average Bonchev–Trinajstić information content (AvgIpc) is 3.17. The van der Waals surface area contributed by atoms with E-state index in [9.17, 15) is 9.59 Å². The smallest absolute Gasteiger partial charge is 0.277 e. The van der Waals surface area contributed by atoms with Crippen LogP contribution in [0.4, 0.5) is 5.69 Å². The fourth-order valence-corrected chi connectivity index (χ4v) is 3.00. The first-order valence-electron chi connectivity index (χ1n) is 8.67. The van der Waals surface area contributed by atoms with E-state index in [2.05, 4.69) is 20.8 Å². The Bertz CT molecular complexity index is 973. The van der Waals surface area contributed by atoms with Crippen LogP contribution in [0.3, 0.4) is 0 Å². The highest BCUT2D eigenvalue weighted by atomic mass is 32.2. The predicted octanol–water partition coefficient (Wildman–Crippen LogP) is 3.35.